The fourth-order valence-electron chi connectivity index (χ4n) is 2.21. The van der Waals surface area contributed by atoms with Crippen LogP contribution >= 0.6 is 15.2 Å². The maximum absolute atomic E-state index is 12.7. The second-order valence-corrected chi connectivity index (χ2v) is 10.4. The largest absolute Gasteiger partial charge is 0.344 e. The van der Waals surface area contributed by atoms with Gasteiger partial charge in [-0.2, -0.15) is 0 Å². The third-order valence-electron chi connectivity index (χ3n) is 3.04. The summed E-state index contributed by atoms with van der Waals surface area (Å²) in [6.07, 6.45) is 0.569. The number of rotatable bonds is 14. The Morgan fingerprint density at radius 2 is 1.42 bits per heavy atom. The van der Waals surface area contributed by atoms with E-state index in [1.54, 1.807) is 25.7 Å². The second kappa shape index (κ2) is 11.0. The molecule has 0 bridgehead atoms. The van der Waals surface area contributed by atoms with E-state index >= 15 is 0 Å². The summed E-state index contributed by atoms with van der Waals surface area (Å²) >= 11 is 0. The summed E-state index contributed by atoms with van der Waals surface area (Å²) in [5.74, 6) is 0. The highest BCUT2D eigenvalue weighted by atomic mass is 31.2. The molecule has 1 unspecified atom stereocenters. The molecule has 0 amide bonds. The summed E-state index contributed by atoms with van der Waals surface area (Å²) in [5.41, 5.74) is 0. The van der Waals surface area contributed by atoms with Crippen LogP contribution in [-0.4, -0.2) is 80.9 Å². The zero-order chi connectivity index (χ0) is 18.9. The predicted molar refractivity (Wildman–Crippen MR) is 96.3 cm³/mol. The van der Waals surface area contributed by atoms with Crippen molar-refractivity contribution in [3.63, 3.8) is 0 Å². The van der Waals surface area contributed by atoms with Crippen LogP contribution in [0.3, 0.4) is 0 Å². The highest BCUT2D eigenvalue weighted by molar-refractivity contribution is 7.54. The SMILES string of the molecule is CCOP(=O)(O)CN(CCC[N+](C)(C)C)CP(=O)(OCC)OCC. The number of nitrogens with zero attached hydrogens (tertiary/aromatic N) is 2. The van der Waals surface area contributed by atoms with Gasteiger partial charge in [-0.3, -0.25) is 14.0 Å². The lowest BCUT2D eigenvalue weighted by Crippen LogP contribution is -2.38. The van der Waals surface area contributed by atoms with Gasteiger partial charge in [-0.05, 0) is 20.8 Å². The average molecular weight is 389 g/mol. The van der Waals surface area contributed by atoms with Gasteiger partial charge in [0, 0.05) is 13.0 Å². The van der Waals surface area contributed by atoms with Crippen molar-refractivity contribution in [2.45, 2.75) is 27.2 Å². The smallest absolute Gasteiger partial charge is 0.331 e. The Balaban J connectivity index is 5.01. The average Bonchev–Trinajstić information content (AvgIpc) is 2.36. The Kier molecular flexibility index (Phi) is 11.1. The van der Waals surface area contributed by atoms with Gasteiger partial charge in [-0.1, -0.05) is 0 Å². The number of quaternary nitrogens is 1. The van der Waals surface area contributed by atoms with Gasteiger partial charge >= 0.3 is 15.2 Å². The second-order valence-electron chi connectivity index (χ2n) is 6.55. The van der Waals surface area contributed by atoms with E-state index in [0.717, 1.165) is 17.4 Å². The van der Waals surface area contributed by atoms with E-state index in [-0.39, 0.29) is 32.4 Å². The molecule has 0 fully saturated rings. The molecule has 0 aliphatic carbocycles. The molecule has 0 rings (SSSR count). The van der Waals surface area contributed by atoms with Crippen LogP contribution < -0.4 is 0 Å². The Labute approximate surface area is 146 Å². The van der Waals surface area contributed by atoms with E-state index in [1.807, 2.05) is 0 Å². The van der Waals surface area contributed by atoms with Crippen molar-refractivity contribution in [2.75, 3.05) is 66.6 Å². The van der Waals surface area contributed by atoms with Crippen molar-refractivity contribution in [3.8, 4) is 0 Å². The van der Waals surface area contributed by atoms with Crippen LogP contribution in [0.25, 0.3) is 0 Å². The minimum Gasteiger partial charge on any atom is -0.331 e. The molecule has 0 aromatic carbocycles. The van der Waals surface area contributed by atoms with Crippen molar-refractivity contribution in [1.82, 2.24) is 4.90 Å². The normalized spacial score (nSPS) is 15.7. The molecule has 0 aliphatic heterocycles. The van der Waals surface area contributed by atoms with E-state index in [9.17, 15) is 14.0 Å². The van der Waals surface area contributed by atoms with Gasteiger partial charge in [0.15, 0.2) is 0 Å². The Morgan fingerprint density at radius 1 is 0.917 bits per heavy atom. The van der Waals surface area contributed by atoms with E-state index in [4.69, 9.17) is 13.6 Å². The zero-order valence-electron chi connectivity index (χ0n) is 15.9. The van der Waals surface area contributed by atoms with Gasteiger partial charge in [-0.25, -0.2) is 0 Å². The van der Waals surface area contributed by atoms with Crippen LogP contribution in [-0.2, 0) is 22.7 Å². The van der Waals surface area contributed by atoms with Crippen LogP contribution in [0.2, 0.25) is 0 Å². The van der Waals surface area contributed by atoms with Crippen molar-refractivity contribution >= 4 is 15.2 Å². The molecule has 1 atom stereocenters. The molecular weight excluding hydrogens is 354 g/mol. The third-order valence-corrected chi connectivity index (χ3v) is 6.51. The van der Waals surface area contributed by atoms with Gasteiger partial charge in [-0.15, -0.1) is 0 Å². The molecule has 0 aromatic heterocycles. The lowest BCUT2D eigenvalue weighted by atomic mass is 10.3. The Morgan fingerprint density at radius 3 is 1.83 bits per heavy atom. The summed E-state index contributed by atoms with van der Waals surface area (Å²) < 4.78 is 41.1. The fraction of sp³-hybridized carbons (Fsp3) is 1.00. The molecule has 0 heterocycles. The molecular formula is C14H35N2O6P2+. The first-order valence-electron chi connectivity index (χ1n) is 8.34. The third kappa shape index (κ3) is 11.7. The standard InChI is InChI=1S/C14H34N2O6P2/c1-7-20-23(17,18)13-15(11-10-12-16(4,5)6)14-24(19,21-8-2)22-9-3/h7-14H2,1-6H3/p+1. The maximum Gasteiger partial charge on any atom is 0.344 e. The molecule has 10 heteroatoms. The molecule has 0 aromatic rings. The molecule has 146 valence electrons. The maximum atomic E-state index is 12.7. The quantitative estimate of drug-likeness (QED) is 0.361. The molecule has 0 saturated heterocycles. The lowest BCUT2D eigenvalue weighted by Gasteiger charge is -2.29. The highest BCUT2D eigenvalue weighted by Crippen LogP contribution is 2.50. The van der Waals surface area contributed by atoms with Crippen molar-refractivity contribution in [1.29, 1.82) is 0 Å². The van der Waals surface area contributed by atoms with Gasteiger partial charge < -0.3 is 22.9 Å². The van der Waals surface area contributed by atoms with Crippen LogP contribution in [0.15, 0.2) is 0 Å². The minimum absolute atomic E-state index is 0.0244. The van der Waals surface area contributed by atoms with E-state index < -0.39 is 15.2 Å². The number of hydrogen-bond donors (Lipinski definition) is 1. The van der Waals surface area contributed by atoms with E-state index in [1.165, 1.54) is 0 Å². The van der Waals surface area contributed by atoms with Gasteiger partial charge in [0.05, 0.1) is 47.5 Å². The Bertz CT molecular complexity index is 431. The first-order chi connectivity index (χ1) is 11.0. The molecule has 0 saturated carbocycles. The van der Waals surface area contributed by atoms with Crippen LogP contribution in [0.4, 0.5) is 0 Å². The van der Waals surface area contributed by atoms with Crippen LogP contribution in [0, 0.1) is 0 Å². The van der Waals surface area contributed by atoms with Gasteiger partial charge in [0.25, 0.3) is 0 Å². The number of hydrogen-bond acceptors (Lipinski definition) is 6. The zero-order valence-corrected chi connectivity index (χ0v) is 17.7. The molecule has 8 nitrogen and oxygen atoms in total. The molecule has 0 aliphatic rings. The van der Waals surface area contributed by atoms with Crippen LogP contribution in [0.1, 0.15) is 27.2 Å². The highest BCUT2D eigenvalue weighted by Gasteiger charge is 2.31. The molecule has 24 heavy (non-hydrogen) atoms. The monoisotopic (exact) mass is 389 g/mol. The topological polar surface area (TPSA) is 85.3 Å². The van der Waals surface area contributed by atoms with Gasteiger partial charge in [0.1, 0.15) is 12.6 Å². The summed E-state index contributed by atoms with van der Waals surface area (Å²) in [7, 11) is -0.865. The fourth-order valence-corrected chi connectivity index (χ4v) is 5.35. The first-order valence-corrected chi connectivity index (χ1v) is 11.8. The summed E-state index contributed by atoms with van der Waals surface area (Å²) in [5, 5.41) is 0. The minimum atomic E-state index is -3.76. The predicted octanol–water partition coefficient (Wildman–Crippen LogP) is 2.79. The van der Waals surface area contributed by atoms with E-state index in [0.29, 0.717) is 6.54 Å². The summed E-state index contributed by atoms with van der Waals surface area (Å²) in [6, 6.07) is 0. The lowest BCUT2D eigenvalue weighted by molar-refractivity contribution is -0.870. The Hall–Kier alpha value is 0.220. The van der Waals surface area contributed by atoms with Crippen molar-refractivity contribution < 1.29 is 32.1 Å². The van der Waals surface area contributed by atoms with Crippen LogP contribution in [0.5, 0.6) is 0 Å². The van der Waals surface area contributed by atoms with Crippen molar-refractivity contribution in [3.05, 3.63) is 0 Å². The van der Waals surface area contributed by atoms with Crippen molar-refractivity contribution in [2.24, 2.45) is 0 Å². The summed E-state index contributed by atoms with van der Waals surface area (Å²) in [6.45, 7) is 7.20. The molecule has 0 spiro atoms. The van der Waals surface area contributed by atoms with E-state index in [2.05, 4.69) is 21.1 Å². The summed E-state index contributed by atoms with van der Waals surface area (Å²) in [4.78, 5) is 11.6. The van der Waals surface area contributed by atoms with Gasteiger partial charge in [0.2, 0.25) is 0 Å². The molecule has 1 N–H and O–H groups in total. The molecule has 0 radical (unpaired) electrons. The first kappa shape index (κ1) is 24.2.